The first-order valence-corrected chi connectivity index (χ1v) is 10.6. The Hall–Kier alpha value is -4.05. The minimum absolute atomic E-state index is 0.634. The maximum Gasteiger partial charge on any atom is 0.178 e. The van der Waals surface area contributed by atoms with E-state index in [9.17, 15) is 0 Å². The van der Waals surface area contributed by atoms with Crippen molar-refractivity contribution in [3.8, 4) is 39.4 Å². The van der Waals surface area contributed by atoms with Crippen LogP contribution >= 0.6 is 0 Å². The van der Waals surface area contributed by atoms with Crippen molar-refractivity contribution in [2.45, 2.75) is 13.8 Å². The molecule has 0 atom stereocenters. The number of hydrogen-bond acceptors (Lipinski definition) is 4. The van der Waals surface area contributed by atoms with Crippen molar-refractivity contribution in [3.05, 3.63) is 96.2 Å². The van der Waals surface area contributed by atoms with Gasteiger partial charge in [0.05, 0.1) is 18.5 Å². The van der Waals surface area contributed by atoms with Crippen LogP contribution in [0.25, 0.3) is 44.8 Å². The maximum atomic E-state index is 5.52. The second kappa shape index (κ2) is 8.23. The highest BCUT2D eigenvalue weighted by molar-refractivity contribution is 5.86. The van der Waals surface area contributed by atoms with E-state index in [2.05, 4.69) is 61.3 Å². The van der Waals surface area contributed by atoms with E-state index in [1.54, 1.807) is 7.11 Å². The zero-order valence-corrected chi connectivity index (χ0v) is 18.3. The number of rotatable bonds is 4. The number of pyridine rings is 1. The third-order valence-corrected chi connectivity index (χ3v) is 5.61. The molecule has 0 aliphatic rings. The summed E-state index contributed by atoms with van der Waals surface area (Å²) in [4.78, 5) is 14.6. The minimum Gasteiger partial charge on any atom is -0.496 e. The van der Waals surface area contributed by atoms with Crippen LogP contribution in [0.4, 0.5) is 0 Å². The fraction of sp³-hybridized carbons (Fsp3) is 0.107. The quantitative estimate of drug-likeness (QED) is 0.328. The number of ether oxygens (including phenoxy) is 1. The molecule has 156 valence electrons. The molecule has 0 spiro atoms. The first-order chi connectivity index (χ1) is 15.6. The second-order valence-corrected chi connectivity index (χ2v) is 7.86. The van der Waals surface area contributed by atoms with Gasteiger partial charge in [0.25, 0.3) is 0 Å². The standard InChI is InChI=1S/C28H23N3O/c1-18-14-22(15-19(2)27(18)32-3)23-16-24-28(29-17-23)31-26(21-12-8-5-9-13-21)25(30-24)20-10-6-4-7-11-20/h4-17H,1-3H3. The predicted octanol–water partition coefficient (Wildman–Crippen LogP) is 6.65. The average Bonchev–Trinajstić information content (AvgIpc) is 2.84. The summed E-state index contributed by atoms with van der Waals surface area (Å²) in [6.45, 7) is 4.12. The van der Waals surface area contributed by atoms with E-state index in [1.165, 1.54) is 0 Å². The molecule has 5 rings (SSSR count). The summed E-state index contributed by atoms with van der Waals surface area (Å²) in [5, 5.41) is 0. The predicted molar refractivity (Wildman–Crippen MR) is 130 cm³/mol. The van der Waals surface area contributed by atoms with Crippen LogP contribution in [0.2, 0.25) is 0 Å². The summed E-state index contributed by atoms with van der Waals surface area (Å²) in [5.41, 5.74) is 9.43. The Kier molecular flexibility index (Phi) is 5.12. The highest BCUT2D eigenvalue weighted by Gasteiger charge is 2.15. The van der Waals surface area contributed by atoms with Crippen LogP contribution in [0.3, 0.4) is 0 Å². The molecule has 0 unspecified atom stereocenters. The first kappa shape index (κ1) is 19.9. The van der Waals surface area contributed by atoms with Gasteiger partial charge >= 0.3 is 0 Å². The molecule has 0 aliphatic heterocycles. The number of benzene rings is 3. The first-order valence-electron chi connectivity index (χ1n) is 10.6. The fourth-order valence-electron chi connectivity index (χ4n) is 4.14. The normalized spacial score (nSPS) is 11.0. The number of aryl methyl sites for hydroxylation is 2. The molecule has 32 heavy (non-hydrogen) atoms. The van der Waals surface area contributed by atoms with E-state index in [4.69, 9.17) is 14.7 Å². The van der Waals surface area contributed by atoms with Gasteiger partial charge in [-0.25, -0.2) is 15.0 Å². The van der Waals surface area contributed by atoms with Crippen molar-refractivity contribution in [3.63, 3.8) is 0 Å². The topological polar surface area (TPSA) is 47.9 Å². The Morgan fingerprint density at radius 2 is 1.19 bits per heavy atom. The zero-order chi connectivity index (χ0) is 22.1. The molecule has 0 radical (unpaired) electrons. The Morgan fingerprint density at radius 3 is 1.75 bits per heavy atom. The van der Waals surface area contributed by atoms with Crippen LogP contribution in [-0.2, 0) is 0 Å². The average molecular weight is 418 g/mol. The molecule has 4 heteroatoms. The van der Waals surface area contributed by atoms with Gasteiger partial charge in [-0.15, -0.1) is 0 Å². The lowest BCUT2D eigenvalue weighted by Gasteiger charge is -2.13. The van der Waals surface area contributed by atoms with Gasteiger partial charge in [-0.2, -0.15) is 0 Å². The maximum absolute atomic E-state index is 5.52. The van der Waals surface area contributed by atoms with Gasteiger partial charge in [0.15, 0.2) is 5.65 Å². The SMILES string of the molecule is COc1c(C)cc(-c2cnc3nc(-c4ccccc4)c(-c4ccccc4)nc3c2)cc1C. The summed E-state index contributed by atoms with van der Waals surface area (Å²) in [6.07, 6.45) is 1.87. The Bertz CT molecular complexity index is 1390. The molecule has 3 aromatic carbocycles. The Morgan fingerprint density at radius 1 is 0.625 bits per heavy atom. The largest absolute Gasteiger partial charge is 0.496 e. The van der Waals surface area contributed by atoms with E-state index in [0.717, 1.165) is 56.0 Å². The highest BCUT2D eigenvalue weighted by Crippen LogP contribution is 2.33. The third kappa shape index (κ3) is 3.60. The molecule has 0 amide bonds. The van der Waals surface area contributed by atoms with E-state index in [-0.39, 0.29) is 0 Å². The highest BCUT2D eigenvalue weighted by atomic mass is 16.5. The molecule has 2 heterocycles. The molecule has 0 N–H and O–H groups in total. The lowest BCUT2D eigenvalue weighted by Crippen LogP contribution is -1.98. The fourth-order valence-corrected chi connectivity index (χ4v) is 4.14. The van der Waals surface area contributed by atoms with Crippen molar-refractivity contribution in [2.75, 3.05) is 7.11 Å². The van der Waals surface area contributed by atoms with Gasteiger partial charge in [0, 0.05) is 22.9 Å². The van der Waals surface area contributed by atoms with E-state index < -0.39 is 0 Å². The van der Waals surface area contributed by atoms with E-state index >= 15 is 0 Å². The molecule has 0 aliphatic carbocycles. The summed E-state index contributed by atoms with van der Waals surface area (Å²) >= 11 is 0. The van der Waals surface area contributed by atoms with Crippen molar-refractivity contribution in [1.29, 1.82) is 0 Å². The molecular formula is C28H23N3O. The van der Waals surface area contributed by atoms with Crippen LogP contribution < -0.4 is 4.74 Å². The minimum atomic E-state index is 0.634. The molecule has 0 saturated heterocycles. The number of methoxy groups -OCH3 is 1. The van der Waals surface area contributed by atoms with Crippen LogP contribution in [0, 0.1) is 13.8 Å². The molecule has 5 aromatic rings. The van der Waals surface area contributed by atoms with Crippen molar-refractivity contribution >= 4 is 11.2 Å². The van der Waals surface area contributed by atoms with Crippen molar-refractivity contribution in [1.82, 2.24) is 15.0 Å². The number of nitrogens with zero attached hydrogens (tertiary/aromatic N) is 3. The van der Waals surface area contributed by atoms with E-state index in [1.807, 2.05) is 42.6 Å². The monoisotopic (exact) mass is 417 g/mol. The molecular weight excluding hydrogens is 394 g/mol. The number of aromatic nitrogens is 3. The summed E-state index contributed by atoms with van der Waals surface area (Å²) in [6, 6.07) is 26.6. The van der Waals surface area contributed by atoms with Crippen molar-refractivity contribution < 1.29 is 4.74 Å². The Labute approximate surface area is 187 Å². The van der Waals surface area contributed by atoms with Gasteiger partial charge in [0.1, 0.15) is 11.3 Å². The molecule has 0 saturated carbocycles. The van der Waals surface area contributed by atoms with Gasteiger partial charge < -0.3 is 4.74 Å². The van der Waals surface area contributed by atoms with Gasteiger partial charge in [-0.05, 0) is 48.7 Å². The van der Waals surface area contributed by atoms with Crippen molar-refractivity contribution in [2.24, 2.45) is 0 Å². The van der Waals surface area contributed by atoms with Gasteiger partial charge in [-0.1, -0.05) is 60.7 Å². The van der Waals surface area contributed by atoms with Crippen LogP contribution in [0.15, 0.2) is 85.1 Å². The Balaban J connectivity index is 1.71. The van der Waals surface area contributed by atoms with Gasteiger partial charge in [0.2, 0.25) is 0 Å². The lowest BCUT2D eigenvalue weighted by atomic mass is 10.0. The summed E-state index contributed by atoms with van der Waals surface area (Å²) in [7, 11) is 1.71. The molecule has 0 bridgehead atoms. The summed E-state index contributed by atoms with van der Waals surface area (Å²) < 4.78 is 5.52. The molecule has 4 nitrogen and oxygen atoms in total. The lowest BCUT2D eigenvalue weighted by molar-refractivity contribution is 0.408. The zero-order valence-electron chi connectivity index (χ0n) is 18.3. The summed E-state index contributed by atoms with van der Waals surface area (Å²) in [5.74, 6) is 0.918. The molecule has 2 aromatic heterocycles. The number of hydrogen-bond donors (Lipinski definition) is 0. The van der Waals surface area contributed by atoms with Crippen LogP contribution in [-0.4, -0.2) is 22.1 Å². The molecule has 0 fully saturated rings. The van der Waals surface area contributed by atoms with E-state index in [0.29, 0.717) is 5.65 Å². The van der Waals surface area contributed by atoms with Gasteiger partial charge in [-0.3, -0.25) is 0 Å². The smallest absolute Gasteiger partial charge is 0.178 e. The van der Waals surface area contributed by atoms with Crippen LogP contribution in [0.5, 0.6) is 5.75 Å². The third-order valence-electron chi connectivity index (χ3n) is 5.61. The second-order valence-electron chi connectivity index (χ2n) is 7.86. The van der Waals surface area contributed by atoms with Crippen LogP contribution in [0.1, 0.15) is 11.1 Å². The number of fused-ring (bicyclic) bond motifs is 1.